The molecule has 1 atom stereocenters. The summed E-state index contributed by atoms with van der Waals surface area (Å²) in [5.74, 6) is 0.580. The average Bonchev–Trinajstić information content (AvgIpc) is 2.84. The van der Waals surface area contributed by atoms with E-state index in [-0.39, 0.29) is 5.91 Å². The Labute approximate surface area is 121 Å². The molecule has 3 rings (SSSR count). The van der Waals surface area contributed by atoms with Crippen molar-refractivity contribution in [3.05, 3.63) is 34.3 Å². The Morgan fingerprint density at radius 1 is 1.50 bits per heavy atom. The van der Waals surface area contributed by atoms with Gasteiger partial charge in [-0.15, -0.1) is 11.3 Å². The van der Waals surface area contributed by atoms with Gasteiger partial charge in [-0.25, -0.2) is 4.98 Å². The molecule has 1 aliphatic heterocycles. The normalized spacial score (nSPS) is 17.1. The van der Waals surface area contributed by atoms with Crippen LogP contribution in [0.15, 0.2) is 23.6 Å². The van der Waals surface area contributed by atoms with Crippen molar-refractivity contribution in [2.75, 3.05) is 10.6 Å². The van der Waals surface area contributed by atoms with Crippen LogP contribution in [-0.2, 0) is 11.3 Å². The predicted octanol–water partition coefficient (Wildman–Crippen LogP) is 2.78. The van der Waals surface area contributed by atoms with Crippen LogP contribution in [0.25, 0.3) is 0 Å². The Morgan fingerprint density at radius 3 is 3.10 bits per heavy atom. The highest BCUT2D eigenvalue weighted by Gasteiger charge is 2.23. The number of nitrogens with zero attached hydrogens (tertiary/aromatic N) is 1. The maximum absolute atomic E-state index is 11.6. The lowest BCUT2D eigenvalue weighted by Crippen LogP contribution is -2.34. The van der Waals surface area contributed by atoms with Crippen LogP contribution in [0.5, 0.6) is 5.75 Å². The number of ether oxygens (including phenoxy) is 1. The van der Waals surface area contributed by atoms with E-state index in [2.05, 4.69) is 15.6 Å². The minimum Gasteiger partial charge on any atom is -0.479 e. The van der Waals surface area contributed by atoms with Crippen LogP contribution in [0.2, 0.25) is 0 Å². The highest BCUT2D eigenvalue weighted by molar-refractivity contribution is 7.09. The van der Waals surface area contributed by atoms with Crippen molar-refractivity contribution in [3.8, 4) is 5.75 Å². The van der Waals surface area contributed by atoms with Crippen LogP contribution in [0.4, 0.5) is 11.4 Å². The summed E-state index contributed by atoms with van der Waals surface area (Å²) < 4.78 is 5.51. The number of carbonyl (C=O) groups excluding carboxylic acids is 1. The molecule has 0 saturated carbocycles. The third kappa shape index (κ3) is 2.60. The van der Waals surface area contributed by atoms with E-state index in [1.165, 1.54) is 0 Å². The van der Waals surface area contributed by atoms with Crippen LogP contribution < -0.4 is 15.4 Å². The first-order valence-corrected chi connectivity index (χ1v) is 7.26. The lowest BCUT2D eigenvalue weighted by atomic mass is 10.2. The highest BCUT2D eigenvalue weighted by Crippen LogP contribution is 2.32. The van der Waals surface area contributed by atoms with Crippen molar-refractivity contribution in [2.45, 2.75) is 26.5 Å². The number of fused-ring (bicyclic) bond motifs is 1. The van der Waals surface area contributed by atoms with E-state index >= 15 is 0 Å². The number of aryl methyl sites for hydroxylation is 1. The molecule has 2 heterocycles. The van der Waals surface area contributed by atoms with Gasteiger partial charge in [0.1, 0.15) is 5.75 Å². The van der Waals surface area contributed by atoms with E-state index in [0.717, 1.165) is 16.4 Å². The lowest BCUT2D eigenvalue weighted by molar-refractivity contribution is -0.122. The molecule has 0 bridgehead atoms. The molecular weight excluding hydrogens is 274 g/mol. The van der Waals surface area contributed by atoms with E-state index in [4.69, 9.17) is 4.74 Å². The molecule has 0 spiro atoms. The summed E-state index contributed by atoms with van der Waals surface area (Å²) in [4.78, 5) is 16.0. The van der Waals surface area contributed by atoms with Crippen molar-refractivity contribution >= 4 is 28.6 Å². The number of hydrogen-bond donors (Lipinski definition) is 2. The first kappa shape index (κ1) is 12.9. The third-order valence-electron chi connectivity index (χ3n) is 3.05. The Kier molecular flexibility index (Phi) is 3.31. The molecule has 1 aliphatic rings. The Balaban J connectivity index is 1.72. The second kappa shape index (κ2) is 5.13. The molecule has 2 aromatic rings. The summed E-state index contributed by atoms with van der Waals surface area (Å²) in [6, 6.07) is 5.67. The quantitative estimate of drug-likeness (QED) is 0.912. The summed E-state index contributed by atoms with van der Waals surface area (Å²) in [5.41, 5.74) is 2.64. The summed E-state index contributed by atoms with van der Waals surface area (Å²) >= 11 is 1.63. The summed E-state index contributed by atoms with van der Waals surface area (Å²) in [7, 11) is 0. The van der Waals surface area contributed by atoms with Crippen LogP contribution in [0.3, 0.4) is 0 Å². The Morgan fingerprint density at radius 2 is 2.35 bits per heavy atom. The zero-order valence-corrected chi connectivity index (χ0v) is 12.1. The number of nitrogens with one attached hydrogen (secondary N) is 2. The minimum absolute atomic E-state index is 0.121. The summed E-state index contributed by atoms with van der Waals surface area (Å²) in [6.45, 7) is 4.38. The number of hydrogen-bond acceptors (Lipinski definition) is 5. The Hall–Kier alpha value is -2.08. The fourth-order valence-electron chi connectivity index (χ4n) is 2.00. The first-order chi connectivity index (χ1) is 9.61. The van der Waals surface area contributed by atoms with Crippen LogP contribution in [-0.4, -0.2) is 17.0 Å². The van der Waals surface area contributed by atoms with Crippen molar-refractivity contribution in [3.63, 3.8) is 0 Å². The first-order valence-electron chi connectivity index (χ1n) is 6.38. The molecule has 0 radical (unpaired) electrons. The largest absolute Gasteiger partial charge is 0.479 e. The molecule has 1 unspecified atom stereocenters. The number of rotatable bonds is 3. The zero-order chi connectivity index (χ0) is 14.1. The number of thiazole rings is 1. The van der Waals surface area contributed by atoms with Crippen molar-refractivity contribution < 1.29 is 9.53 Å². The van der Waals surface area contributed by atoms with Gasteiger partial charge in [-0.05, 0) is 32.0 Å². The molecule has 5 nitrogen and oxygen atoms in total. The SMILES string of the molecule is Cc1nc(CNc2ccc3c(c2)NC(=O)C(C)O3)cs1. The molecule has 1 aromatic heterocycles. The standard InChI is InChI=1S/C14H15N3O2S/c1-8-14(18)17-12-5-10(3-4-13(12)19-8)15-6-11-7-20-9(2)16-11/h3-5,7-8,15H,6H2,1-2H3,(H,17,18). The maximum Gasteiger partial charge on any atom is 0.265 e. The van der Waals surface area contributed by atoms with E-state index in [0.29, 0.717) is 18.0 Å². The summed E-state index contributed by atoms with van der Waals surface area (Å²) in [5, 5.41) is 9.21. The molecule has 104 valence electrons. The second-order valence-electron chi connectivity index (χ2n) is 4.67. The molecule has 20 heavy (non-hydrogen) atoms. The summed E-state index contributed by atoms with van der Waals surface area (Å²) in [6.07, 6.45) is -0.445. The lowest BCUT2D eigenvalue weighted by Gasteiger charge is -2.23. The van der Waals surface area contributed by atoms with E-state index < -0.39 is 6.10 Å². The molecule has 0 fully saturated rings. The second-order valence-corrected chi connectivity index (χ2v) is 5.73. The van der Waals surface area contributed by atoms with Gasteiger partial charge in [0.15, 0.2) is 6.10 Å². The number of aromatic nitrogens is 1. The predicted molar refractivity (Wildman–Crippen MR) is 79.3 cm³/mol. The van der Waals surface area contributed by atoms with Crippen LogP contribution in [0, 0.1) is 6.92 Å². The van der Waals surface area contributed by atoms with Gasteiger partial charge in [-0.3, -0.25) is 4.79 Å². The molecule has 2 N–H and O–H groups in total. The maximum atomic E-state index is 11.6. The van der Waals surface area contributed by atoms with E-state index in [1.807, 2.05) is 30.5 Å². The average molecular weight is 289 g/mol. The van der Waals surface area contributed by atoms with Gasteiger partial charge in [0, 0.05) is 11.1 Å². The third-order valence-corrected chi connectivity index (χ3v) is 3.87. The molecule has 0 aliphatic carbocycles. The Bertz CT molecular complexity index is 654. The van der Waals surface area contributed by atoms with Gasteiger partial charge < -0.3 is 15.4 Å². The fourth-order valence-corrected chi connectivity index (χ4v) is 2.61. The van der Waals surface area contributed by atoms with Gasteiger partial charge in [-0.1, -0.05) is 0 Å². The van der Waals surface area contributed by atoms with Gasteiger partial charge >= 0.3 is 0 Å². The molecule has 0 saturated heterocycles. The monoisotopic (exact) mass is 289 g/mol. The van der Waals surface area contributed by atoms with Crippen LogP contribution in [0.1, 0.15) is 17.6 Å². The zero-order valence-electron chi connectivity index (χ0n) is 11.3. The number of amides is 1. The van der Waals surface area contributed by atoms with Gasteiger partial charge in [0.05, 0.1) is 22.9 Å². The molecule has 1 aromatic carbocycles. The highest BCUT2D eigenvalue weighted by atomic mass is 32.1. The number of anilines is 2. The number of carbonyl (C=O) groups is 1. The smallest absolute Gasteiger partial charge is 0.265 e. The van der Waals surface area contributed by atoms with Crippen molar-refractivity contribution in [1.29, 1.82) is 0 Å². The van der Waals surface area contributed by atoms with Gasteiger partial charge in [0.25, 0.3) is 5.91 Å². The fraction of sp³-hybridized carbons (Fsp3) is 0.286. The van der Waals surface area contributed by atoms with E-state index in [1.54, 1.807) is 18.3 Å². The van der Waals surface area contributed by atoms with E-state index in [9.17, 15) is 4.79 Å². The van der Waals surface area contributed by atoms with Crippen LogP contribution >= 0.6 is 11.3 Å². The van der Waals surface area contributed by atoms with Gasteiger partial charge in [0.2, 0.25) is 0 Å². The molecular formula is C14H15N3O2S. The van der Waals surface area contributed by atoms with Crippen molar-refractivity contribution in [2.24, 2.45) is 0 Å². The topological polar surface area (TPSA) is 63.2 Å². The number of benzene rings is 1. The van der Waals surface area contributed by atoms with Gasteiger partial charge in [-0.2, -0.15) is 0 Å². The molecule has 6 heteroatoms. The molecule has 1 amide bonds. The minimum atomic E-state index is -0.445. The van der Waals surface area contributed by atoms with Crippen molar-refractivity contribution in [1.82, 2.24) is 4.98 Å².